The Labute approximate surface area is 228 Å². The molecule has 37 heavy (non-hydrogen) atoms. The summed E-state index contributed by atoms with van der Waals surface area (Å²) in [6.45, 7) is 0. The maximum Gasteiger partial charge on any atom is 0.202 e. The van der Waals surface area contributed by atoms with Gasteiger partial charge < -0.3 is 5.11 Å². The first kappa shape index (κ1) is 24.8. The van der Waals surface area contributed by atoms with Crippen LogP contribution in [0.1, 0.15) is 5.56 Å². The molecule has 6 nitrogen and oxygen atoms in total. The first-order valence-corrected chi connectivity index (χ1v) is 12.8. The average Bonchev–Trinajstić information content (AvgIpc) is 3.24. The van der Waals surface area contributed by atoms with Crippen molar-refractivity contribution in [3.63, 3.8) is 0 Å². The Morgan fingerprint density at radius 1 is 0.757 bits per heavy atom. The van der Waals surface area contributed by atoms with E-state index in [0.29, 0.717) is 26.6 Å². The lowest BCUT2D eigenvalue weighted by atomic mass is 10.2. The summed E-state index contributed by atoms with van der Waals surface area (Å²) in [7, 11) is 0. The van der Waals surface area contributed by atoms with E-state index < -0.39 is 0 Å². The van der Waals surface area contributed by atoms with Gasteiger partial charge in [-0.25, -0.2) is 9.98 Å². The van der Waals surface area contributed by atoms with Crippen LogP contribution in [0.25, 0.3) is 0 Å². The Kier molecular flexibility index (Phi) is 7.65. The van der Waals surface area contributed by atoms with Gasteiger partial charge in [0.25, 0.3) is 0 Å². The number of phenolic OH excluding ortho intramolecular Hbond substituents is 1. The molecule has 1 fully saturated rings. The molecule has 4 aromatic carbocycles. The summed E-state index contributed by atoms with van der Waals surface area (Å²) in [5.41, 5.74) is 2.78. The first-order chi connectivity index (χ1) is 18.1. The van der Waals surface area contributed by atoms with Gasteiger partial charge in [-0.1, -0.05) is 77.8 Å². The van der Waals surface area contributed by atoms with E-state index in [-0.39, 0.29) is 10.8 Å². The molecule has 0 bridgehead atoms. The fourth-order valence-corrected chi connectivity index (χ4v) is 4.91. The fourth-order valence-electron chi connectivity index (χ4n) is 3.48. The smallest absolute Gasteiger partial charge is 0.202 e. The highest BCUT2D eigenvalue weighted by molar-refractivity contribution is 8.29. The van der Waals surface area contributed by atoms with Crippen molar-refractivity contribution in [1.29, 1.82) is 0 Å². The zero-order valence-corrected chi connectivity index (χ0v) is 21.6. The quantitative estimate of drug-likeness (QED) is 0.204. The van der Waals surface area contributed by atoms with Gasteiger partial charge in [0.2, 0.25) is 5.17 Å². The van der Waals surface area contributed by atoms with Crippen molar-refractivity contribution in [2.24, 2.45) is 20.2 Å². The molecule has 1 aliphatic rings. The molecule has 0 spiro atoms. The maximum absolute atomic E-state index is 10.3. The van der Waals surface area contributed by atoms with Crippen LogP contribution in [-0.4, -0.2) is 27.4 Å². The van der Waals surface area contributed by atoms with Gasteiger partial charge in [0, 0.05) is 16.3 Å². The second-order valence-corrected chi connectivity index (χ2v) is 9.55. The molecular formula is C28H19Cl2N5OS. The van der Waals surface area contributed by atoms with Crippen LogP contribution in [0.2, 0.25) is 10.0 Å². The molecule has 1 aliphatic heterocycles. The predicted octanol–water partition coefficient (Wildman–Crippen LogP) is 8.10. The van der Waals surface area contributed by atoms with Gasteiger partial charge in [-0.3, -0.25) is 4.90 Å². The molecule has 0 radical (unpaired) electrons. The number of amidine groups is 2. The van der Waals surface area contributed by atoms with Crippen molar-refractivity contribution in [2.75, 3.05) is 4.90 Å². The highest BCUT2D eigenvalue weighted by atomic mass is 35.5. The predicted molar refractivity (Wildman–Crippen MR) is 157 cm³/mol. The Balaban J connectivity index is 1.62. The lowest BCUT2D eigenvalue weighted by molar-refractivity contribution is 0.474. The summed E-state index contributed by atoms with van der Waals surface area (Å²) in [5.74, 6) is 0.500. The molecule has 0 amide bonds. The van der Waals surface area contributed by atoms with Crippen LogP contribution in [0.4, 0.5) is 17.1 Å². The third kappa shape index (κ3) is 5.91. The molecule has 5 rings (SSSR count). The van der Waals surface area contributed by atoms with Crippen LogP contribution < -0.4 is 4.90 Å². The van der Waals surface area contributed by atoms with Gasteiger partial charge >= 0.3 is 0 Å². The van der Waals surface area contributed by atoms with Crippen LogP contribution in [0.3, 0.4) is 0 Å². The Morgan fingerprint density at radius 2 is 1.35 bits per heavy atom. The van der Waals surface area contributed by atoms with Crippen molar-refractivity contribution in [1.82, 2.24) is 0 Å². The number of halogens is 2. The average molecular weight is 544 g/mol. The Hall–Kier alpha value is -3.91. The lowest BCUT2D eigenvalue weighted by Crippen LogP contribution is -2.30. The fraction of sp³-hybridized carbons (Fsp3) is 0. The maximum atomic E-state index is 10.3. The minimum atomic E-state index is -0.119. The minimum absolute atomic E-state index is 0.119. The van der Waals surface area contributed by atoms with Crippen molar-refractivity contribution < 1.29 is 5.11 Å². The summed E-state index contributed by atoms with van der Waals surface area (Å²) in [5, 5.41) is 20.7. The summed E-state index contributed by atoms with van der Waals surface area (Å²) in [6.07, 6.45) is 1.41. The number of hydrogen-bond donors (Lipinski definition) is 1. The number of aromatic hydroxyl groups is 1. The van der Waals surface area contributed by atoms with E-state index >= 15 is 0 Å². The van der Waals surface area contributed by atoms with Crippen LogP contribution in [-0.2, 0) is 0 Å². The SMILES string of the molecule is Oc1c(Cl)cc(Cl)cc1/C=N\N=C1\SC(=Nc2ccccc2)C(=Nc2ccccc2)N1c1ccccc1. The summed E-state index contributed by atoms with van der Waals surface area (Å²) in [4.78, 5) is 11.7. The van der Waals surface area contributed by atoms with Crippen molar-refractivity contribution >= 4 is 74.3 Å². The molecule has 0 aromatic heterocycles. The number of aliphatic imine (C=N–C) groups is 2. The van der Waals surface area contributed by atoms with E-state index in [1.54, 1.807) is 6.07 Å². The van der Waals surface area contributed by atoms with Crippen LogP contribution in [0.5, 0.6) is 5.75 Å². The van der Waals surface area contributed by atoms with Crippen LogP contribution in [0, 0.1) is 0 Å². The number of thioether (sulfide) groups is 1. The molecule has 0 aliphatic carbocycles. The number of para-hydroxylation sites is 3. The molecule has 0 atom stereocenters. The van der Waals surface area contributed by atoms with E-state index in [1.165, 1.54) is 24.0 Å². The van der Waals surface area contributed by atoms with E-state index in [9.17, 15) is 5.11 Å². The zero-order valence-electron chi connectivity index (χ0n) is 19.2. The van der Waals surface area contributed by atoms with Crippen molar-refractivity contribution in [2.45, 2.75) is 0 Å². The normalized spacial score (nSPS) is 16.9. The van der Waals surface area contributed by atoms with Crippen molar-refractivity contribution in [3.05, 3.63) is 119 Å². The molecule has 1 heterocycles. The standard InChI is InChI=1S/C28H19Cl2N5OS/c29-20-16-19(25(36)24(30)17-20)18-31-34-28-35(23-14-8-3-9-15-23)26(32-21-10-4-1-5-11-21)27(37-28)33-22-12-6-2-7-13-22/h1-18,36H/b31-18-,32-26?,33-27?,34-28+. The number of nitrogens with zero attached hydrogens (tertiary/aromatic N) is 5. The Bertz CT molecular complexity index is 1520. The van der Waals surface area contributed by atoms with Gasteiger partial charge in [0.1, 0.15) is 10.8 Å². The molecule has 182 valence electrons. The highest BCUT2D eigenvalue weighted by Gasteiger charge is 2.34. The van der Waals surface area contributed by atoms with E-state index in [0.717, 1.165) is 17.1 Å². The summed E-state index contributed by atoms with van der Waals surface area (Å²) in [6, 6.07) is 32.1. The molecule has 1 saturated heterocycles. The van der Waals surface area contributed by atoms with E-state index in [4.69, 9.17) is 33.2 Å². The number of rotatable bonds is 5. The van der Waals surface area contributed by atoms with Gasteiger partial charge in [-0.05, 0) is 60.3 Å². The lowest BCUT2D eigenvalue weighted by Gasteiger charge is -2.17. The highest BCUT2D eigenvalue weighted by Crippen LogP contribution is 2.33. The molecular weight excluding hydrogens is 525 g/mol. The number of hydrogen-bond acceptors (Lipinski definition) is 6. The number of benzene rings is 4. The minimum Gasteiger partial charge on any atom is -0.506 e. The molecule has 1 N–H and O–H groups in total. The summed E-state index contributed by atoms with van der Waals surface area (Å²) < 4.78 is 0. The van der Waals surface area contributed by atoms with Gasteiger partial charge in [0.15, 0.2) is 5.84 Å². The Morgan fingerprint density at radius 3 is 2.00 bits per heavy atom. The van der Waals surface area contributed by atoms with Crippen LogP contribution >= 0.6 is 35.0 Å². The molecule has 0 saturated carbocycles. The molecule has 0 unspecified atom stereocenters. The zero-order chi connectivity index (χ0) is 25.6. The largest absolute Gasteiger partial charge is 0.506 e. The van der Waals surface area contributed by atoms with Gasteiger partial charge in [-0.15, -0.1) is 5.10 Å². The number of phenols is 1. The monoisotopic (exact) mass is 543 g/mol. The topological polar surface area (TPSA) is 72.9 Å². The first-order valence-electron chi connectivity index (χ1n) is 11.2. The summed E-state index contributed by atoms with van der Waals surface area (Å²) >= 11 is 13.5. The van der Waals surface area contributed by atoms with Crippen LogP contribution in [0.15, 0.2) is 123 Å². The number of anilines is 1. The van der Waals surface area contributed by atoms with Gasteiger partial charge in [0.05, 0.1) is 22.6 Å². The second kappa shape index (κ2) is 11.4. The molecule has 4 aromatic rings. The van der Waals surface area contributed by atoms with Gasteiger partial charge in [-0.2, -0.15) is 5.10 Å². The second-order valence-electron chi connectivity index (χ2n) is 7.75. The van der Waals surface area contributed by atoms with E-state index in [1.807, 2.05) is 95.9 Å². The molecule has 9 heteroatoms. The third-order valence-electron chi connectivity index (χ3n) is 5.17. The van der Waals surface area contributed by atoms with E-state index in [2.05, 4.69) is 10.2 Å². The third-order valence-corrected chi connectivity index (χ3v) is 6.59. The van der Waals surface area contributed by atoms with Crippen molar-refractivity contribution in [3.8, 4) is 5.75 Å².